The Kier molecular flexibility index (Phi) is 4.79. The Bertz CT molecular complexity index is 1260. The summed E-state index contributed by atoms with van der Waals surface area (Å²) in [4.78, 5) is 12.6. The fraction of sp³-hybridized carbons (Fsp3) is 0.222. The Balaban J connectivity index is 2.36. The minimum Gasteiger partial charge on any atom is -0.395 e. The number of anilines is 3. The van der Waals surface area contributed by atoms with Gasteiger partial charge in [-0.25, -0.2) is 9.97 Å². The van der Waals surface area contributed by atoms with Gasteiger partial charge in [0.25, 0.3) is 0 Å². The molecule has 1 aromatic heterocycles. The van der Waals surface area contributed by atoms with E-state index < -0.39 is 18.0 Å². The van der Waals surface area contributed by atoms with Crippen molar-refractivity contribution in [2.45, 2.75) is 19.0 Å². The molecule has 2 heterocycles. The van der Waals surface area contributed by atoms with E-state index in [9.17, 15) is 21.0 Å². The first-order chi connectivity index (χ1) is 14.0. The van der Waals surface area contributed by atoms with Crippen LogP contribution in [0.3, 0.4) is 0 Å². The molecule has 2 aromatic rings. The second-order valence-corrected chi connectivity index (χ2v) is 6.05. The van der Waals surface area contributed by atoms with Crippen molar-refractivity contribution in [3.63, 3.8) is 0 Å². The van der Waals surface area contributed by atoms with Crippen molar-refractivity contribution in [1.29, 1.82) is 26.3 Å². The van der Waals surface area contributed by atoms with Gasteiger partial charge in [-0.15, -0.1) is 0 Å². The van der Waals surface area contributed by atoms with Gasteiger partial charge in [-0.3, -0.25) is 4.99 Å². The number of hydrogen-bond donors (Lipinski definition) is 3. The van der Waals surface area contributed by atoms with Crippen LogP contribution in [0.25, 0.3) is 11.0 Å². The van der Waals surface area contributed by atoms with E-state index >= 15 is 0 Å². The average Bonchev–Trinajstić information content (AvgIpc) is 2.77. The molecule has 0 radical (unpaired) electrons. The first-order valence-corrected chi connectivity index (χ1v) is 8.22. The minimum atomic E-state index is -0.918. The summed E-state index contributed by atoms with van der Waals surface area (Å²) in [6.45, 7) is 1.57. The maximum Gasteiger partial charge on any atom is 0.177 e. The predicted molar refractivity (Wildman–Crippen MR) is 102 cm³/mol. The van der Waals surface area contributed by atoms with E-state index in [1.54, 1.807) is 13.0 Å². The summed E-state index contributed by atoms with van der Waals surface area (Å²) in [5, 5.41) is 52.2. The molecule has 3 rings (SSSR count). The maximum absolute atomic E-state index is 9.43. The lowest BCUT2D eigenvalue weighted by molar-refractivity contribution is 0.690. The summed E-state index contributed by atoms with van der Waals surface area (Å²) in [7, 11) is 0. The van der Waals surface area contributed by atoms with Gasteiger partial charge in [0.15, 0.2) is 17.4 Å². The molecule has 138 valence electrons. The Hall–Kier alpha value is -4.92. The molecule has 0 amide bonds. The van der Waals surface area contributed by atoms with Crippen molar-refractivity contribution in [1.82, 2.24) is 9.97 Å². The number of nitrogen functional groups attached to an aromatic ring is 1. The highest BCUT2D eigenvalue weighted by Crippen LogP contribution is 2.46. The van der Waals surface area contributed by atoms with E-state index in [1.165, 1.54) is 6.21 Å². The fourth-order valence-corrected chi connectivity index (χ4v) is 2.76. The van der Waals surface area contributed by atoms with E-state index in [4.69, 9.17) is 11.0 Å². The van der Waals surface area contributed by atoms with Crippen LogP contribution in [-0.4, -0.2) is 28.3 Å². The molecule has 0 bridgehead atoms. The molecule has 29 heavy (non-hydrogen) atoms. The zero-order valence-corrected chi connectivity index (χ0v) is 15.0. The number of nitrogens with two attached hydrogens (primary N) is 1. The Morgan fingerprint density at radius 3 is 2.28 bits per heavy atom. The van der Waals surface area contributed by atoms with E-state index in [1.807, 2.05) is 24.3 Å². The molecular weight excluding hydrogens is 370 g/mol. The Morgan fingerprint density at radius 2 is 1.72 bits per heavy atom. The van der Waals surface area contributed by atoms with E-state index in [0.29, 0.717) is 0 Å². The highest BCUT2D eigenvalue weighted by molar-refractivity contribution is 6.12. The molecule has 11 nitrogen and oxygen atoms in total. The summed E-state index contributed by atoms with van der Waals surface area (Å²) in [6, 6.07) is 7.91. The zero-order valence-electron chi connectivity index (χ0n) is 15.0. The number of hydrogen-bond acceptors (Lipinski definition) is 11. The Labute approximate surface area is 164 Å². The number of rotatable bonds is 3. The summed E-state index contributed by atoms with van der Waals surface area (Å²) >= 11 is 0. The van der Waals surface area contributed by atoms with Crippen molar-refractivity contribution in [2.75, 3.05) is 16.4 Å². The van der Waals surface area contributed by atoms with Gasteiger partial charge in [-0.1, -0.05) is 0 Å². The van der Waals surface area contributed by atoms with Gasteiger partial charge in [0, 0.05) is 6.21 Å². The van der Waals surface area contributed by atoms with Gasteiger partial charge in [0.05, 0.1) is 41.2 Å². The van der Waals surface area contributed by atoms with Gasteiger partial charge in [-0.05, 0) is 6.92 Å². The van der Waals surface area contributed by atoms with E-state index in [0.717, 1.165) is 0 Å². The molecule has 1 aliphatic heterocycles. The number of benzene rings is 1. The largest absolute Gasteiger partial charge is 0.395 e. The van der Waals surface area contributed by atoms with Crippen LogP contribution < -0.4 is 16.4 Å². The summed E-state index contributed by atoms with van der Waals surface area (Å²) in [5.41, 5.74) is 6.94. The highest BCUT2D eigenvalue weighted by atomic mass is 15.1. The quantitative estimate of drug-likeness (QED) is 0.514. The Morgan fingerprint density at radius 1 is 1.07 bits per heavy atom. The van der Waals surface area contributed by atoms with Gasteiger partial charge >= 0.3 is 0 Å². The monoisotopic (exact) mass is 381 g/mol. The van der Waals surface area contributed by atoms with E-state index in [-0.39, 0.29) is 45.2 Å². The molecule has 0 saturated carbocycles. The second kappa shape index (κ2) is 7.37. The van der Waals surface area contributed by atoms with E-state index in [2.05, 4.69) is 25.6 Å². The predicted octanol–water partition coefficient (Wildman–Crippen LogP) is 1.44. The third kappa shape index (κ3) is 3.04. The highest BCUT2D eigenvalue weighted by Gasteiger charge is 2.28. The molecule has 1 aromatic carbocycles. The van der Waals surface area contributed by atoms with Crippen molar-refractivity contribution >= 4 is 40.0 Å². The van der Waals surface area contributed by atoms with Crippen LogP contribution in [0.15, 0.2) is 4.99 Å². The number of nitriles is 5. The minimum absolute atomic E-state index is 0.0407. The number of aromatic nitrogens is 2. The van der Waals surface area contributed by atoms with Crippen molar-refractivity contribution < 1.29 is 0 Å². The zero-order chi connectivity index (χ0) is 21.1. The second-order valence-electron chi connectivity index (χ2n) is 6.05. The standard InChI is InChI=1S/C18H11N11/c1-8(2-19)10(4-21)27-14-13(24)15-18(29-12(6-23)11(5-22)28-15)16-17(14)26-9(3-20)7-25-16/h7-10,26-27H,24H2,1H3. The SMILES string of the molecule is CC(C#N)C(C#N)Nc1c2c(c3nc(C#N)c(C#N)nc3c1N)N=CC(C#N)N2. The van der Waals surface area contributed by atoms with Crippen molar-refractivity contribution in [3.05, 3.63) is 11.4 Å². The number of nitrogens with one attached hydrogen (secondary N) is 2. The molecule has 11 heteroatoms. The van der Waals surface area contributed by atoms with Crippen LogP contribution >= 0.6 is 0 Å². The third-order valence-corrected chi connectivity index (χ3v) is 4.28. The number of nitrogens with zero attached hydrogens (tertiary/aromatic N) is 8. The molecular formula is C18H11N11. The van der Waals surface area contributed by atoms with Gasteiger partial charge < -0.3 is 16.4 Å². The van der Waals surface area contributed by atoms with Crippen LogP contribution in [0.1, 0.15) is 18.3 Å². The lowest BCUT2D eigenvalue weighted by atomic mass is 10.0. The summed E-state index contributed by atoms with van der Waals surface area (Å²) < 4.78 is 0. The van der Waals surface area contributed by atoms with Crippen LogP contribution in [0.2, 0.25) is 0 Å². The molecule has 0 spiro atoms. The summed E-state index contributed by atoms with van der Waals surface area (Å²) in [6.07, 6.45) is 1.35. The molecule has 0 aliphatic carbocycles. The number of fused-ring (bicyclic) bond motifs is 3. The third-order valence-electron chi connectivity index (χ3n) is 4.28. The van der Waals surface area contributed by atoms with Crippen LogP contribution in [0.5, 0.6) is 0 Å². The van der Waals surface area contributed by atoms with Gasteiger partial charge in [0.1, 0.15) is 34.9 Å². The number of aliphatic imine (C=N–C) groups is 1. The summed E-state index contributed by atoms with van der Waals surface area (Å²) in [5.74, 6) is -0.675. The van der Waals surface area contributed by atoms with Crippen molar-refractivity contribution in [2.24, 2.45) is 10.9 Å². The fourth-order valence-electron chi connectivity index (χ4n) is 2.76. The van der Waals surface area contributed by atoms with Crippen molar-refractivity contribution in [3.8, 4) is 30.3 Å². The van der Waals surface area contributed by atoms with Crippen LogP contribution in [0.4, 0.5) is 22.7 Å². The lowest BCUT2D eigenvalue weighted by Crippen LogP contribution is -2.28. The molecule has 0 saturated heterocycles. The molecule has 3 atom stereocenters. The normalized spacial score (nSPS) is 15.9. The molecule has 4 N–H and O–H groups in total. The first-order valence-electron chi connectivity index (χ1n) is 8.22. The van der Waals surface area contributed by atoms with Gasteiger partial charge in [-0.2, -0.15) is 26.3 Å². The first kappa shape index (κ1) is 18.9. The topological polar surface area (TPSA) is 207 Å². The molecule has 0 fully saturated rings. The molecule has 3 unspecified atom stereocenters. The molecule has 1 aliphatic rings. The lowest BCUT2D eigenvalue weighted by Gasteiger charge is -2.25. The maximum atomic E-state index is 9.43. The van der Waals surface area contributed by atoms with Crippen LogP contribution in [-0.2, 0) is 0 Å². The smallest absolute Gasteiger partial charge is 0.177 e. The van der Waals surface area contributed by atoms with Gasteiger partial charge in [0.2, 0.25) is 0 Å². The average molecular weight is 381 g/mol. The van der Waals surface area contributed by atoms with Crippen LogP contribution in [0, 0.1) is 62.6 Å².